The fourth-order valence-electron chi connectivity index (χ4n) is 2.60. The van der Waals surface area contributed by atoms with E-state index in [-0.39, 0.29) is 11.8 Å². The van der Waals surface area contributed by atoms with Gasteiger partial charge in [0.1, 0.15) is 0 Å². The lowest BCUT2D eigenvalue weighted by Gasteiger charge is -2.15. The normalized spacial score (nSPS) is 17.3. The van der Waals surface area contributed by atoms with Gasteiger partial charge in [-0.1, -0.05) is 25.9 Å². The number of amides is 1. The number of fused-ring (bicyclic) bond motifs is 1. The largest absolute Gasteiger partial charge is 0.339 e. The molecule has 0 bridgehead atoms. The molecule has 2 aromatic heterocycles. The van der Waals surface area contributed by atoms with Crippen molar-refractivity contribution in [3.05, 3.63) is 22.3 Å². The number of aryl methyl sites for hydroxylation is 2. The average Bonchev–Trinajstić information content (AvgIpc) is 3.10. The maximum Gasteiger partial charge on any atom is 0.227 e. The first-order valence-electron chi connectivity index (χ1n) is 8.12. The molecule has 2 aromatic rings. The molecule has 2 heterocycles. The summed E-state index contributed by atoms with van der Waals surface area (Å²) >= 11 is 1.60. The van der Waals surface area contributed by atoms with E-state index in [0.717, 1.165) is 18.5 Å². The molecule has 1 N–H and O–H groups in total. The highest BCUT2D eigenvalue weighted by atomic mass is 32.1. The van der Waals surface area contributed by atoms with Crippen LogP contribution in [-0.2, 0) is 24.1 Å². The third kappa shape index (κ3) is 3.96. The summed E-state index contributed by atoms with van der Waals surface area (Å²) < 4.78 is 5.15. The summed E-state index contributed by atoms with van der Waals surface area (Å²) in [5, 5.41) is 7.50. The molecule has 1 atom stereocenters. The van der Waals surface area contributed by atoms with Crippen molar-refractivity contribution in [2.24, 2.45) is 5.92 Å². The van der Waals surface area contributed by atoms with Gasteiger partial charge in [0.25, 0.3) is 0 Å². The topological polar surface area (TPSA) is 80.9 Å². The summed E-state index contributed by atoms with van der Waals surface area (Å²) in [5.74, 6) is 2.07. The molecule has 23 heavy (non-hydrogen) atoms. The van der Waals surface area contributed by atoms with E-state index in [1.165, 1.54) is 11.3 Å². The zero-order valence-corrected chi connectivity index (χ0v) is 14.6. The monoisotopic (exact) mass is 334 g/mol. The van der Waals surface area contributed by atoms with Crippen molar-refractivity contribution >= 4 is 22.4 Å². The van der Waals surface area contributed by atoms with Crippen molar-refractivity contribution in [3.8, 4) is 0 Å². The fraction of sp³-hybridized carbons (Fsp3) is 0.625. The number of aromatic nitrogens is 3. The van der Waals surface area contributed by atoms with Crippen LogP contribution in [0.25, 0.3) is 0 Å². The zero-order chi connectivity index (χ0) is 16.4. The van der Waals surface area contributed by atoms with E-state index in [9.17, 15) is 4.79 Å². The van der Waals surface area contributed by atoms with E-state index in [4.69, 9.17) is 4.52 Å². The zero-order valence-electron chi connectivity index (χ0n) is 13.8. The maximum absolute atomic E-state index is 12.1. The van der Waals surface area contributed by atoms with Crippen LogP contribution in [0.1, 0.15) is 61.8 Å². The number of nitrogens with zero attached hydrogens (tertiary/aromatic N) is 3. The molecule has 0 fully saturated rings. The van der Waals surface area contributed by atoms with Gasteiger partial charge in [-0.3, -0.25) is 4.79 Å². The average molecular weight is 334 g/mol. The Kier molecular flexibility index (Phi) is 4.75. The van der Waals surface area contributed by atoms with Gasteiger partial charge in [-0.15, -0.1) is 11.3 Å². The van der Waals surface area contributed by atoms with Crippen molar-refractivity contribution in [1.29, 1.82) is 0 Å². The van der Waals surface area contributed by atoms with Gasteiger partial charge in [0, 0.05) is 23.6 Å². The van der Waals surface area contributed by atoms with Crippen molar-refractivity contribution < 1.29 is 9.32 Å². The molecule has 7 heteroatoms. The highest BCUT2D eigenvalue weighted by Crippen LogP contribution is 2.32. The molecule has 0 aromatic carbocycles. The minimum atomic E-state index is -0.0616. The molecule has 0 aliphatic heterocycles. The highest BCUT2D eigenvalue weighted by Gasteiger charge is 2.20. The Bertz CT molecular complexity index is 692. The molecular formula is C16H22N4O2S. The van der Waals surface area contributed by atoms with Crippen LogP contribution in [0.5, 0.6) is 0 Å². The molecule has 0 saturated heterocycles. The Hall–Kier alpha value is -1.76. The number of anilines is 1. The van der Waals surface area contributed by atoms with E-state index < -0.39 is 0 Å². The number of thiazole rings is 1. The third-order valence-electron chi connectivity index (χ3n) is 4.00. The molecule has 0 spiro atoms. The van der Waals surface area contributed by atoms with Crippen LogP contribution in [0.4, 0.5) is 5.13 Å². The third-order valence-corrected chi connectivity index (χ3v) is 5.03. The quantitative estimate of drug-likeness (QED) is 0.907. The second kappa shape index (κ2) is 6.78. The van der Waals surface area contributed by atoms with Gasteiger partial charge in [-0.2, -0.15) is 4.98 Å². The van der Waals surface area contributed by atoms with Crippen LogP contribution >= 0.6 is 11.3 Å². The minimum Gasteiger partial charge on any atom is -0.339 e. The molecule has 1 aliphatic carbocycles. The summed E-state index contributed by atoms with van der Waals surface area (Å²) in [4.78, 5) is 22.2. The molecule has 0 saturated carbocycles. The first-order chi connectivity index (χ1) is 11.0. The summed E-state index contributed by atoms with van der Waals surface area (Å²) in [5.41, 5.74) is 1.15. The Labute approximate surface area is 139 Å². The van der Waals surface area contributed by atoms with Crippen molar-refractivity contribution in [1.82, 2.24) is 15.1 Å². The molecule has 124 valence electrons. The summed E-state index contributed by atoms with van der Waals surface area (Å²) in [6.07, 6.45) is 4.04. The van der Waals surface area contributed by atoms with Crippen LogP contribution in [0.3, 0.4) is 0 Å². The summed E-state index contributed by atoms with van der Waals surface area (Å²) in [7, 11) is 0. The molecule has 6 nitrogen and oxygen atoms in total. The van der Waals surface area contributed by atoms with Gasteiger partial charge >= 0.3 is 0 Å². The van der Waals surface area contributed by atoms with E-state index in [1.54, 1.807) is 11.3 Å². The smallest absolute Gasteiger partial charge is 0.227 e. The van der Waals surface area contributed by atoms with Crippen LogP contribution in [0, 0.1) is 5.92 Å². The van der Waals surface area contributed by atoms with Gasteiger partial charge in [0.05, 0.1) is 5.69 Å². The SMILES string of the molecule is CC(C)c1noc(CCC(=O)Nc2nc3c(s2)C[C@@H](C)CC3)n1. The van der Waals surface area contributed by atoms with Crippen molar-refractivity contribution in [3.63, 3.8) is 0 Å². The number of hydrogen-bond donors (Lipinski definition) is 1. The predicted molar refractivity (Wildman–Crippen MR) is 88.6 cm³/mol. The summed E-state index contributed by atoms with van der Waals surface area (Å²) in [6, 6.07) is 0. The van der Waals surface area contributed by atoms with Crippen LogP contribution < -0.4 is 5.32 Å². The fourth-order valence-corrected chi connectivity index (χ4v) is 3.79. The number of carbonyl (C=O) groups is 1. The van der Waals surface area contributed by atoms with Crippen LogP contribution in [0.2, 0.25) is 0 Å². The van der Waals surface area contributed by atoms with Gasteiger partial charge in [0.15, 0.2) is 11.0 Å². The van der Waals surface area contributed by atoms with Gasteiger partial charge < -0.3 is 9.84 Å². The van der Waals surface area contributed by atoms with Crippen molar-refractivity contribution in [2.75, 3.05) is 5.32 Å². The predicted octanol–water partition coefficient (Wildman–Crippen LogP) is 3.35. The van der Waals surface area contributed by atoms with Crippen molar-refractivity contribution in [2.45, 2.75) is 58.8 Å². The molecule has 1 amide bonds. The number of carbonyl (C=O) groups excluding carboxylic acids is 1. The highest BCUT2D eigenvalue weighted by molar-refractivity contribution is 7.15. The van der Waals surface area contributed by atoms with Gasteiger partial charge in [0.2, 0.25) is 11.8 Å². The lowest BCUT2D eigenvalue weighted by atomic mass is 9.93. The van der Waals surface area contributed by atoms with E-state index in [0.29, 0.717) is 35.6 Å². The van der Waals surface area contributed by atoms with Gasteiger partial charge in [-0.25, -0.2) is 4.98 Å². The van der Waals surface area contributed by atoms with E-state index in [1.807, 2.05) is 13.8 Å². The molecule has 3 rings (SSSR count). The first kappa shape index (κ1) is 16.1. The Morgan fingerprint density at radius 1 is 1.43 bits per heavy atom. The van der Waals surface area contributed by atoms with E-state index >= 15 is 0 Å². The maximum atomic E-state index is 12.1. The molecule has 1 aliphatic rings. The number of nitrogens with one attached hydrogen (secondary N) is 1. The Balaban J connectivity index is 1.53. The summed E-state index contributed by atoms with van der Waals surface area (Å²) in [6.45, 7) is 6.27. The minimum absolute atomic E-state index is 0.0616. The van der Waals surface area contributed by atoms with Crippen LogP contribution in [-0.4, -0.2) is 21.0 Å². The lowest BCUT2D eigenvalue weighted by molar-refractivity contribution is -0.116. The number of rotatable bonds is 5. The van der Waals surface area contributed by atoms with Gasteiger partial charge in [-0.05, 0) is 25.2 Å². The standard InChI is InChI=1S/C16H22N4O2S/c1-9(2)15-19-14(22-20-15)7-6-13(21)18-16-17-11-5-4-10(3)8-12(11)23-16/h9-10H,4-8H2,1-3H3,(H,17,18,21)/t10-/m0/s1. The number of hydrogen-bond acceptors (Lipinski definition) is 6. The van der Waals surface area contributed by atoms with Crippen LogP contribution in [0.15, 0.2) is 4.52 Å². The second-order valence-electron chi connectivity index (χ2n) is 6.49. The lowest BCUT2D eigenvalue weighted by Crippen LogP contribution is -2.12. The molecular weight excluding hydrogens is 312 g/mol. The Morgan fingerprint density at radius 2 is 2.26 bits per heavy atom. The van der Waals surface area contributed by atoms with E-state index in [2.05, 4.69) is 27.4 Å². The molecule has 0 unspecified atom stereocenters. The molecule has 0 radical (unpaired) electrons. The second-order valence-corrected chi connectivity index (χ2v) is 7.57. The first-order valence-corrected chi connectivity index (χ1v) is 8.94. The Morgan fingerprint density at radius 3 is 3.00 bits per heavy atom.